The van der Waals surface area contributed by atoms with Gasteiger partial charge in [0.1, 0.15) is 5.82 Å². The molecule has 0 bridgehead atoms. The van der Waals surface area contributed by atoms with E-state index < -0.39 is 17.8 Å². The van der Waals surface area contributed by atoms with Crippen LogP contribution in [0.2, 0.25) is 10.3 Å². The maximum absolute atomic E-state index is 14.2. The fourth-order valence-electron chi connectivity index (χ4n) is 2.46. The number of nitrogens with one attached hydrogen (secondary N) is 1. The SMILES string of the molecule is N#Cc1ccc(C(=O)N[C@@H](c2ccc(Cl)cc2)c2cnc(Cl)nc2)c(F)c1. The Morgan fingerprint density at radius 2 is 1.74 bits per heavy atom. The molecule has 2 aromatic carbocycles. The lowest BCUT2D eigenvalue weighted by molar-refractivity contribution is 0.0939. The zero-order valence-corrected chi connectivity index (χ0v) is 15.2. The average molecular weight is 401 g/mol. The third kappa shape index (κ3) is 4.40. The molecule has 134 valence electrons. The molecule has 0 aliphatic heterocycles. The molecule has 0 saturated carbocycles. The summed E-state index contributed by atoms with van der Waals surface area (Å²) in [6, 6.07) is 11.6. The molecular weight excluding hydrogens is 390 g/mol. The van der Waals surface area contributed by atoms with Crippen molar-refractivity contribution in [3.05, 3.63) is 93.2 Å². The first-order chi connectivity index (χ1) is 13.0. The minimum atomic E-state index is -0.784. The number of halogens is 3. The Morgan fingerprint density at radius 3 is 2.33 bits per heavy atom. The summed E-state index contributed by atoms with van der Waals surface area (Å²) in [4.78, 5) is 20.5. The standard InChI is InChI=1S/C19H11Cl2FN4O/c20-14-4-2-12(3-5-14)17(13-9-24-19(21)25-10-13)26-18(27)15-6-1-11(8-23)7-16(15)22/h1-7,9-10,17H,(H,26,27)/t17-/m0/s1. The number of nitriles is 1. The number of hydrogen-bond acceptors (Lipinski definition) is 4. The Hall–Kier alpha value is -3.01. The van der Waals surface area contributed by atoms with Gasteiger partial charge in [0, 0.05) is 23.0 Å². The van der Waals surface area contributed by atoms with Gasteiger partial charge >= 0.3 is 0 Å². The second-order valence-electron chi connectivity index (χ2n) is 5.55. The fourth-order valence-corrected chi connectivity index (χ4v) is 2.69. The van der Waals surface area contributed by atoms with Crippen LogP contribution in [0.15, 0.2) is 54.9 Å². The van der Waals surface area contributed by atoms with E-state index in [4.69, 9.17) is 28.5 Å². The lowest BCUT2D eigenvalue weighted by atomic mass is 10.0. The van der Waals surface area contributed by atoms with Crippen LogP contribution in [0, 0.1) is 17.1 Å². The highest BCUT2D eigenvalue weighted by molar-refractivity contribution is 6.30. The average Bonchev–Trinajstić information content (AvgIpc) is 2.67. The van der Waals surface area contributed by atoms with E-state index in [2.05, 4.69) is 15.3 Å². The van der Waals surface area contributed by atoms with Crippen LogP contribution in [-0.2, 0) is 0 Å². The van der Waals surface area contributed by atoms with Crippen LogP contribution in [0.3, 0.4) is 0 Å². The smallest absolute Gasteiger partial charge is 0.255 e. The van der Waals surface area contributed by atoms with Gasteiger partial charge in [-0.15, -0.1) is 0 Å². The van der Waals surface area contributed by atoms with Crippen LogP contribution in [0.25, 0.3) is 0 Å². The highest BCUT2D eigenvalue weighted by Gasteiger charge is 2.21. The van der Waals surface area contributed by atoms with E-state index in [0.717, 1.165) is 6.07 Å². The van der Waals surface area contributed by atoms with Crippen molar-refractivity contribution in [1.82, 2.24) is 15.3 Å². The Balaban J connectivity index is 1.96. The van der Waals surface area contributed by atoms with Gasteiger partial charge in [-0.25, -0.2) is 14.4 Å². The number of carbonyl (C=O) groups is 1. The van der Waals surface area contributed by atoms with Gasteiger partial charge in [-0.05, 0) is 47.5 Å². The van der Waals surface area contributed by atoms with E-state index in [-0.39, 0.29) is 16.4 Å². The molecule has 1 aromatic heterocycles. The molecule has 8 heteroatoms. The number of carbonyl (C=O) groups excluding carboxylic acids is 1. The minimum Gasteiger partial charge on any atom is -0.341 e. The summed E-state index contributed by atoms with van der Waals surface area (Å²) in [5.74, 6) is -1.43. The summed E-state index contributed by atoms with van der Waals surface area (Å²) in [5.41, 5.74) is 1.21. The number of benzene rings is 2. The molecule has 1 atom stereocenters. The molecule has 27 heavy (non-hydrogen) atoms. The van der Waals surface area contributed by atoms with Crippen molar-refractivity contribution in [2.45, 2.75) is 6.04 Å². The first-order valence-electron chi connectivity index (χ1n) is 7.71. The monoisotopic (exact) mass is 400 g/mol. The third-order valence-corrected chi connectivity index (χ3v) is 4.24. The first kappa shape index (κ1) is 18.8. The highest BCUT2D eigenvalue weighted by Crippen LogP contribution is 2.24. The van der Waals surface area contributed by atoms with Gasteiger partial charge in [0.25, 0.3) is 5.91 Å². The predicted molar refractivity (Wildman–Crippen MR) is 98.9 cm³/mol. The highest BCUT2D eigenvalue weighted by atomic mass is 35.5. The van der Waals surface area contributed by atoms with E-state index in [9.17, 15) is 9.18 Å². The van der Waals surface area contributed by atoms with Gasteiger partial charge in [-0.3, -0.25) is 4.79 Å². The Morgan fingerprint density at radius 1 is 1.07 bits per heavy atom. The summed E-state index contributed by atoms with van der Waals surface area (Å²) < 4.78 is 14.2. The van der Waals surface area contributed by atoms with Crippen molar-refractivity contribution in [3.8, 4) is 6.07 Å². The van der Waals surface area contributed by atoms with Gasteiger partial charge in [0.2, 0.25) is 5.28 Å². The van der Waals surface area contributed by atoms with Crippen LogP contribution in [0.5, 0.6) is 0 Å². The van der Waals surface area contributed by atoms with Crippen LogP contribution in [0.1, 0.15) is 33.1 Å². The summed E-state index contributed by atoms with van der Waals surface area (Å²) in [7, 11) is 0. The van der Waals surface area contributed by atoms with Crippen LogP contribution in [0.4, 0.5) is 4.39 Å². The number of nitrogens with zero attached hydrogens (tertiary/aromatic N) is 3. The zero-order valence-electron chi connectivity index (χ0n) is 13.7. The Labute approximate surface area is 164 Å². The molecule has 5 nitrogen and oxygen atoms in total. The molecule has 1 amide bonds. The van der Waals surface area contributed by atoms with E-state index >= 15 is 0 Å². The third-order valence-electron chi connectivity index (χ3n) is 3.80. The Kier molecular flexibility index (Phi) is 5.65. The number of amides is 1. The normalized spacial score (nSPS) is 11.5. The molecule has 0 fully saturated rings. The summed E-state index contributed by atoms with van der Waals surface area (Å²) in [6.45, 7) is 0. The maximum atomic E-state index is 14.2. The molecule has 1 heterocycles. The molecule has 0 aliphatic carbocycles. The quantitative estimate of drug-likeness (QED) is 0.661. The van der Waals surface area contributed by atoms with Crippen molar-refractivity contribution in [2.24, 2.45) is 0 Å². The van der Waals surface area contributed by atoms with Crippen molar-refractivity contribution in [2.75, 3.05) is 0 Å². The maximum Gasteiger partial charge on any atom is 0.255 e. The number of rotatable bonds is 4. The molecule has 0 spiro atoms. The van der Waals surface area contributed by atoms with Crippen LogP contribution in [-0.4, -0.2) is 15.9 Å². The second kappa shape index (κ2) is 8.12. The molecule has 1 N–H and O–H groups in total. The topological polar surface area (TPSA) is 78.7 Å². The summed E-state index contributed by atoms with van der Waals surface area (Å²) in [6.07, 6.45) is 2.95. The lowest BCUT2D eigenvalue weighted by Gasteiger charge is -2.19. The van der Waals surface area contributed by atoms with E-state index in [1.54, 1.807) is 24.3 Å². The fraction of sp³-hybridized carbons (Fsp3) is 0.0526. The van der Waals surface area contributed by atoms with Gasteiger partial charge in [0.05, 0.1) is 23.2 Å². The lowest BCUT2D eigenvalue weighted by Crippen LogP contribution is -2.30. The van der Waals surface area contributed by atoms with Gasteiger partial charge in [-0.1, -0.05) is 23.7 Å². The van der Waals surface area contributed by atoms with Crippen LogP contribution >= 0.6 is 23.2 Å². The van der Waals surface area contributed by atoms with E-state index in [1.165, 1.54) is 24.5 Å². The van der Waals surface area contributed by atoms with Gasteiger partial charge < -0.3 is 5.32 Å². The second-order valence-corrected chi connectivity index (χ2v) is 6.32. The van der Waals surface area contributed by atoms with Crippen molar-refractivity contribution in [1.29, 1.82) is 5.26 Å². The number of aromatic nitrogens is 2. The first-order valence-corrected chi connectivity index (χ1v) is 8.47. The molecule has 0 unspecified atom stereocenters. The Bertz CT molecular complexity index is 972. The van der Waals surface area contributed by atoms with Gasteiger partial charge in [-0.2, -0.15) is 5.26 Å². The van der Waals surface area contributed by atoms with Crippen molar-refractivity contribution >= 4 is 29.1 Å². The van der Waals surface area contributed by atoms with Crippen LogP contribution < -0.4 is 5.32 Å². The molecule has 3 rings (SSSR count). The molecule has 3 aromatic rings. The predicted octanol–water partition coefficient (Wildman–Crippen LogP) is 4.31. The summed E-state index contributed by atoms with van der Waals surface area (Å²) >= 11 is 11.7. The molecular formula is C19H11Cl2FN4O. The van der Waals surface area contributed by atoms with E-state index in [0.29, 0.717) is 16.1 Å². The molecule has 0 aliphatic rings. The minimum absolute atomic E-state index is 0.0677. The van der Waals surface area contributed by atoms with E-state index in [1.807, 2.05) is 6.07 Å². The molecule has 0 radical (unpaired) electrons. The van der Waals surface area contributed by atoms with Crippen molar-refractivity contribution < 1.29 is 9.18 Å². The van der Waals surface area contributed by atoms with Crippen molar-refractivity contribution in [3.63, 3.8) is 0 Å². The number of hydrogen-bond donors (Lipinski definition) is 1. The largest absolute Gasteiger partial charge is 0.341 e. The zero-order chi connectivity index (χ0) is 19.4. The summed E-state index contributed by atoms with van der Waals surface area (Å²) in [5, 5.41) is 12.2. The van der Waals surface area contributed by atoms with Gasteiger partial charge in [0.15, 0.2) is 0 Å². The molecule has 0 saturated heterocycles.